The lowest BCUT2D eigenvalue weighted by atomic mass is 9.83. The molecule has 0 aliphatic heterocycles. The van der Waals surface area contributed by atoms with Crippen molar-refractivity contribution in [2.75, 3.05) is 6.61 Å². The van der Waals surface area contributed by atoms with E-state index in [1.165, 1.54) is 12.5 Å². The van der Waals surface area contributed by atoms with Crippen LogP contribution in [-0.4, -0.2) is 17.1 Å². The number of aromatic nitrogens is 1. The van der Waals surface area contributed by atoms with E-state index in [0.717, 1.165) is 37.9 Å². The number of halogens is 3. The molecule has 0 radical (unpaired) electrons. The van der Waals surface area contributed by atoms with Crippen molar-refractivity contribution in [3.05, 3.63) is 23.9 Å². The predicted molar refractivity (Wildman–Crippen MR) is 64.7 cm³/mol. The maximum absolute atomic E-state index is 12.4. The molecular weight excluding hydrogens is 257 g/mol. The van der Waals surface area contributed by atoms with E-state index in [9.17, 15) is 13.2 Å². The molecule has 3 nitrogen and oxygen atoms in total. The minimum Gasteiger partial charge on any atom is -0.476 e. The smallest absolute Gasteiger partial charge is 0.417 e. The van der Waals surface area contributed by atoms with E-state index in [4.69, 9.17) is 10.5 Å². The van der Waals surface area contributed by atoms with Crippen LogP contribution in [0.25, 0.3) is 0 Å². The third kappa shape index (κ3) is 3.83. The molecule has 1 aliphatic rings. The maximum atomic E-state index is 12.4. The van der Waals surface area contributed by atoms with E-state index in [1.807, 2.05) is 0 Å². The lowest BCUT2D eigenvalue weighted by molar-refractivity contribution is -0.137. The molecule has 6 heteroatoms. The summed E-state index contributed by atoms with van der Waals surface area (Å²) in [6, 6.07) is 2.20. The highest BCUT2D eigenvalue weighted by atomic mass is 19.4. The van der Waals surface area contributed by atoms with Crippen LogP contribution in [0, 0.1) is 0 Å². The van der Waals surface area contributed by atoms with Crippen LogP contribution in [0.4, 0.5) is 13.2 Å². The van der Waals surface area contributed by atoms with Crippen LogP contribution in [0.3, 0.4) is 0 Å². The molecule has 1 heterocycles. The standard InChI is InChI=1S/C13H17F3N2O/c14-13(15,16)10-4-5-11(18-8-10)19-9-12(17)6-2-1-3-7-12/h4-5,8H,1-3,6-7,9,17H2. The van der Waals surface area contributed by atoms with Crippen molar-refractivity contribution in [2.24, 2.45) is 5.73 Å². The molecule has 1 fully saturated rings. The first-order valence-electron chi connectivity index (χ1n) is 6.34. The normalized spacial score (nSPS) is 19.2. The molecule has 0 unspecified atom stereocenters. The average molecular weight is 274 g/mol. The number of nitrogens with zero attached hydrogens (tertiary/aromatic N) is 1. The highest BCUT2D eigenvalue weighted by molar-refractivity contribution is 5.20. The predicted octanol–water partition coefficient (Wildman–Crippen LogP) is 3.14. The molecule has 19 heavy (non-hydrogen) atoms. The average Bonchev–Trinajstić information content (AvgIpc) is 2.37. The van der Waals surface area contributed by atoms with Gasteiger partial charge in [0.1, 0.15) is 6.61 Å². The van der Waals surface area contributed by atoms with Crippen molar-refractivity contribution in [1.82, 2.24) is 4.98 Å². The van der Waals surface area contributed by atoms with Gasteiger partial charge in [-0.2, -0.15) is 13.2 Å². The lowest BCUT2D eigenvalue weighted by Crippen LogP contribution is -2.47. The SMILES string of the molecule is NC1(COc2ccc(C(F)(F)F)cn2)CCCCC1. The monoisotopic (exact) mass is 274 g/mol. The number of hydrogen-bond donors (Lipinski definition) is 1. The summed E-state index contributed by atoms with van der Waals surface area (Å²) in [6.07, 6.45) is 1.49. The fourth-order valence-corrected chi connectivity index (χ4v) is 2.25. The zero-order valence-corrected chi connectivity index (χ0v) is 10.5. The zero-order chi connectivity index (χ0) is 13.9. The largest absolute Gasteiger partial charge is 0.476 e. The van der Waals surface area contributed by atoms with Crippen molar-refractivity contribution in [1.29, 1.82) is 0 Å². The number of alkyl halides is 3. The third-order valence-electron chi connectivity index (χ3n) is 3.42. The van der Waals surface area contributed by atoms with Gasteiger partial charge in [-0.1, -0.05) is 19.3 Å². The topological polar surface area (TPSA) is 48.1 Å². The Kier molecular flexibility index (Phi) is 3.99. The summed E-state index contributed by atoms with van der Waals surface area (Å²) in [5, 5.41) is 0. The molecule has 0 atom stereocenters. The van der Waals surface area contributed by atoms with Crippen molar-refractivity contribution < 1.29 is 17.9 Å². The summed E-state index contributed by atoms with van der Waals surface area (Å²) in [4.78, 5) is 3.66. The van der Waals surface area contributed by atoms with Crippen molar-refractivity contribution in [2.45, 2.75) is 43.8 Å². The van der Waals surface area contributed by atoms with Gasteiger partial charge in [0.05, 0.1) is 11.1 Å². The second kappa shape index (κ2) is 5.36. The highest BCUT2D eigenvalue weighted by Crippen LogP contribution is 2.30. The van der Waals surface area contributed by atoms with E-state index in [-0.39, 0.29) is 11.4 Å². The quantitative estimate of drug-likeness (QED) is 0.921. The van der Waals surface area contributed by atoms with Gasteiger partial charge in [-0.05, 0) is 18.9 Å². The van der Waals surface area contributed by atoms with Crippen LogP contribution in [0.1, 0.15) is 37.7 Å². The summed E-state index contributed by atoms with van der Waals surface area (Å²) < 4.78 is 42.5. The third-order valence-corrected chi connectivity index (χ3v) is 3.42. The molecule has 1 aromatic heterocycles. The molecule has 0 saturated heterocycles. The van der Waals surface area contributed by atoms with Gasteiger partial charge in [-0.15, -0.1) is 0 Å². The number of ether oxygens (including phenoxy) is 1. The molecule has 1 aliphatic carbocycles. The molecule has 0 aromatic carbocycles. The van der Waals surface area contributed by atoms with Crippen LogP contribution in [0.15, 0.2) is 18.3 Å². The van der Waals surface area contributed by atoms with Gasteiger partial charge in [0, 0.05) is 12.3 Å². The van der Waals surface area contributed by atoms with Gasteiger partial charge in [0.2, 0.25) is 5.88 Å². The van der Waals surface area contributed by atoms with Crippen molar-refractivity contribution in [3.63, 3.8) is 0 Å². The van der Waals surface area contributed by atoms with E-state index in [1.54, 1.807) is 0 Å². The van der Waals surface area contributed by atoms with E-state index in [2.05, 4.69) is 4.98 Å². The van der Waals surface area contributed by atoms with Crippen LogP contribution in [0.5, 0.6) is 5.88 Å². The maximum Gasteiger partial charge on any atom is 0.417 e. The molecule has 106 valence electrons. The number of hydrogen-bond acceptors (Lipinski definition) is 3. The Balaban J connectivity index is 1.93. The Morgan fingerprint density at radius 2 is 1.89 bits per heavy atom. The second-order valence-electron chi connectivity index (χ2n) is 5.09. The molecule has 2 rings (SSSR count). The minimum atomic E-state index is -4.37. The Morgan fingerprint density at radius 1 is 1.21 bits per heavy atom. The van der Waals surface area contributed by atoms with Gasteiger partial charge >= 0.3 is 6.18 Å². The van der Waals surface area contributed by atoms with Gasteiger partial charge in [0.25, 0.3) is 0 Å². The Morgan fingerprint density at radius 3 is 2.42 bits per heavy atom. The van der Waals surface area contributed by atoms with Gasteiger partial charge < -0.3 is 10.5 Å². The first-order valence-corrected chi connectivity index (χ1v) is 6.34. The van der Waals surface area contributed by atoms with Gasteiger partial charge in [-0.25, -0.2) is 4.98 Å². The number of rotatable bonds is 3. The van der Waals surface area contributed by atoms with Crippen molar-refractivity contribution >= 4 is 0 Å². The van der Waals surface area contributed by atoms with E-state index >= 15 is 0 Å². The first-order chi connectivity index (χ1) is 8.89. The fourth-order valence-electron chi connectivity index (χ4n) is 2.25. The minimum absolute atomic E-state index is 0.184. The van der Waals surface area contributed by atoms with E-state index < -0.39 is 11.7 Å². The number of pyridine rings is 1. The molecule has 0 bridgehead atoms. The summed E-state index contributed by atoms with van der Waals surface area (Å²) in [5.74, 6) is 0.184. The zero-order valence-electron chi connectivity index (χ0n) is 10.5. The van der Waals surface area contributed by atoms with Crippen LogP contribution < -0.4 is 10.5 Å². The fraction of sp³-hybridized carbons (Fsp3) is 0.615. The molecule has 1 aromatic rings. The van der Waals surface area contributed by atoms with Gasteiger partial charge in [0.15, 0.2) is 0 Å². The molecule has 1 saturated carbocycles. The van der Waals surface area contributed by atoms with Gasteiger partial charge in [-0.3, -0.25) is 0 Å². The summed E-state index contributed by atoms with van der Waals surface area (Å²) in [7, 11) is 0. The number of nitrogens with two attached hydrogens (primary N) is 1. The van der Waals surface area contributed by atoms with Crippen molar-refractivity contribution in [3.8, 4) is 5.88 Å². The van der Waals surface area contributed by atoms with E-state index in [0.29, 0.717) is 6.61 Å². The lowest BCUT2D eigenvalue weighted by Gasteiger charge is -2.32. The highest BCUT2D eigenvalue weighted by Gasteiger charge is 2.31. The summed E-state index contributed by atoms with van der Waals surface area (Å²) in [6.45, 7) is 0.297. The summed E-state index contributed by atoms with van der Waals surface area (Å²) in [5.41, 5.74) is 5.02. The van der Waals surface area contributed by atoms with Crippen LogP contribution in [0.2, 0.25) is 0 Å². The molecule has 0 spiro atoms. The summed E-state index contributed by atoms with van der Waals surface area (Å²) >= 11 is 0. The Bertz CT molecular complexity index is 411. The molecule has 2 N–H and O–H groups in total. The first kappa shape index (κ1) is 14.1. The van der Waals surface area contributed by atoms with Crippen LogP contribution >= 0.6 is 0 Å². The molecule has 0 amide bonds. The molecular formula is C13H17F3N2O. The van der Waals surface area contributed by atoms with Crippen LogP contribution in [-0.2, 0) is 6.18 Å². The second-order valence-corrected chi connectivity index (χ2v) is 5.09. The Labute approximate surface area is 110 Å². The Hall–Kier alpha value is -1.30.